The number of carbonyl (C=O) groups is 3. The van der Waals surface area contributed by atoms with Crippen molar-refractivity contribution in [1.29, 1.82) is 0 Å². The summed E-state index contributed by atoms with van der Waals surface area (Å²) in [6, 6.07) is 13.4. The molecule has 2 aromatic carbocycles. The van der Waals surface area contributed by atoms with E-state index in [0.717, 1.165) is 0 Å². The zero-order chi connectivity index (χ0) is 24.3. The monoisotopic (exact) mass is 483 g/mol. The average Bonchev–Trinajstić information content (AvgIpc) is 3.24. The van der Waals surface area contributed by atoms with E-state index in [1.165, 1.54) is 9.80 Å². The van der Waals surface area contributed by atoms with Gasteiger partial charge in [-0.15, -0.1) is 0 Å². The second-order valence-electron chi connectivity index (χ2n) is 8.25. The Kier molecular flexibility index (Phi) is 6.63. The second kappa shape index (κ2) is 9.62. The molecule has 0 radical (unpaired) electrons. The third-order valence-electron chi connectivity index (χ3n) is 6.55. The zero-order valence-corrected chi connectivity index (χ0v) is 18.8. The topological polar surface area (TPSA) is 136 Å². The Morgan fingerprint density at radius 2 is 1.79 bits per heavy atom. The number of likely N-dealkylation sites (tertiary alicyclic amines) is 1. The van der Waals surface area contributed by atoms with Crippen LogP contribution in [0.5, 0.6) is 0 Å². The second-order valence-corrected chi connectivity index (χ2v) is 8.69. The van der Waals surface area contributed by atoms with Crippen molar-refractivity contribution in [3.8, 4) is 0 Å². The quantitative estimate of drug-likeness (QED) is 0.295. The van der Waals surface area contributed by atoms with Crippen LogP contribution in [-0.4, -0.2) is 58.7 Å². The highest BCUT2D eigenvalue weighted by atomic mass is 35.5. The van der Waals surface area contributed by atoms with Gasteiger partial charge in [-0.05, 0) is 41.6 Å². The van der Waals surface area contributed by atoms with Crippen molar-refractivity contribution < 1.29 is 24.2 Å². The van der Waals surface area contributed by atoms with Gasteiger partial charge in [0.25, 0.3) is 0 Å². The lowest BCUT2D eigenvalue weighted by Crippen LogP contribution is -2.55. The van der Waals surface area contributed by atoms with Gasteiger partial charge in [-0.25, -0.2) is 9.59 Å². The number of esters is 1. The highest BCUT2D eigenvalue weighted by Crippen LogP contribution is 2.43. The van der Waals surface area contributed by atoms with Crippen molar-refractivity contribution in [2.45, 2.75) is 30.3 Å². The molecule has 0 saturated carbocycles. The molecule has 0 aliphatic carbocycles. The molecule has 0 aromatic heterocycles. The number of hydrogen-bond acceptors (Lipinski definition) is 5. The van der Waals surface area contributed by atoms with Crippen LogP contribution in [0.2, 0.25) is 5.02 Å². The molecule has 2 atom stereocenters. The highest BCUT2D eigenvalue weighted by molar-refractivity contribution is 6.30. The predicted molar refractivity (Wildman–Crippen MR) is 122 cm³/mol. The van der Waals surface area contributed by atoms with Crippen molar-refractivity contribution in [2.24, 2.45) is 5.11 Å². The van der Waals surface area contributed by atoms with E-state index in [0.29, 0.717) is 16.1 Å². The number of hydrogen-bond donors (Lipinski definition) is 1. The van der Waals surface area contributed by atoms with Crippen molar-refractivity contribution >= 4 is 29.6 Å². The molecule has 2 amide bonds. The summed E-state index contributed by atoms with van der Waals surface area (Å²) in [5.41, 5.74) is 9.70. The lowest BCUT2D eigenvalue weighted by molar-refractivity contribution is -0.140. The van der Waals surface area contributed by atoms with Crippen molar-refractivity contribution in [1.82, 2.24) is 9.80 Å². The minimum absolute atomic E-state index is 0.153. The van der Waals surface area contributed by atoms with Gasteiger partial charge in [-0.1, -0.05) is 59.2 Å². The number of ether oxygens (including phenoxy) is 1. The van der Waals surface area contributed by atoms with Gasteiger partial charge >= 0.3 is 12.1 Å². The first kappa shape index (κ1) is 23.4. The molecule has 34 heavy (non-hydrogen) atoms. The summed E-state index contributed by atoms with van der Waals surface area (Å²) >= 11 is 6.07. The molecule has 176 valence electrons. The number of piperidine rings is 1. The number of rotatable bonds is 5. The van der Waals surface area contributed by atoms with Gasteiger partial charge in [0.1, 0.15) is 6.04 Å². The van der Waals surface area contributed by atoms with Gasteiger partial charge in [0.05, 0.1) is 0 Å². The van der Waals surface area contributed by atoms with Crippen molar-refractivity contribution in [2.75, 3.05) is 19.8 Å². The van der Waals surface area contributed by atoms with Crippen LogP contribution in [0.3, 0.4) is 0 Å². The molecular weight excluding hydrogens is 462 g/mol. The minimum Gasteiger partial charge on any atom is -0.465 e. The molecule has 10 nitrogen and oxygen atoms in total. The van der Waals surface area contributed by atoms with Crippen LogP contribution in [-0.2, 0) is 19.7 Å². The third kappa shape index (κ3) is 4.25. The fourth-order valence-corrected chi connectivity index (χ4v) is 4.89. The van der Waals surface area contributed by atoms with Crippen LogP contribution in [0.25, 0.3) is 10.4 Å². The molecule has 2 aliphatic rings. The van der Waals surface area contributed by atoms with E-state index >= 15 is 0 Å². The molecule has 2 aromatic rings. The van der Waals surface area contributed by atoms with Gasteiger partial charge in [-0.3, -0.25) is 9.69 Å². The lowest BCUT2D eigenvalue weighted by atomic mass is 9.67. The van der Waals surface area contributed by atoms with Crippen molar-refractivity contribution in [3.05, 3.63) is 81.2 Å². The number of nitrogens with zero attached hydrogens (tertiary/aromatic N) is 5. The number of amides is 2. The van der Waals surface area contributed by atoms with Gasteiger partial charge < -0.3 is 14.7 Å². The average molecular weight is 484 g/mol. The Hall–Kier alpha value is -3.75. The summed E-state index contributed by atoms with van der Waals surface area (Å²) in [7, 11) is 0. The third-order valence-corrected chi connectivity index (χ3v) is 6.80. The fourth-order valence-electron chi connectivity index (χ4n) is 4.76. The molecule has 2 aliphatic heterocycles. The maximum absolute atomic E-state index is 13.9. The molecule has 2 unspecified atom stereocenters. The van der Waals surface area contributed by atoms with E-state index in [9.17, 15) is 25.0 Å². The lowest BCUT2D eigenvalue weighted by Gasteiger charge is -2.45. The summed E-state index contributed by atoms with van der Waals surface area (Å²) in [4.78, 5) is 43.5. The standard InChI is InChI=1S/C23H22ClN5O5/c24-17-8-6-16(7-9-17)23(10-12-28(13-11-23)22(32)33)19(26-27-25)20(30)29-14-34-21(31)18(29)15-4-2-1-3-5-15/h1-9,18-19H,10-14H2,(H,32,33). The zero-order valence-electron chi connectivity index (χ0n) is 18.1. The summed E-state index contributed by atoms with van der Waals surface area (Å²) in [6.07, 6.45) is -0.566. The van der Waals surface area contributed by atoms with E-state index in [-0.39, 0.29) is 32.7 Å². The Labute approximate surface area is 200 Å². The first-order valence-corrected chi connectivity index (χ1v) is 11.1. The summed E-state index contributed by atoms with van der Waals surface area (Å²) in [6.45, 7) is 0.0348. The SMILES string of the molecule is [N-]=[N+]=NC(C(=O)N1COC(=O)C1c1ccccc1)C1(c2ccc(Cl)cc2)CCN(C(=O)O)CC1. The van der Waals surface area contributed by atoms with E-state index in [4.69, 9.17) is 16.3 Å². The maximum atomic E-state index is 13.9. The Morgan fingerprint density at radius 1 is 1.15 bits per heavy atom. The smallest absolute Gasteiger partial charge is 0.407 e. The molecule has 0 spiro atoms. The molecule has 1 N–H and O–H groups in total. The number of cyclic esters (lactones) is 1. The predicted octanol–water partition coefficient (Wildman–Crippen LogP) is 4.11. The van der Waals surface area contributed by atoms with Gasteiger partial charge in [0.15, 0.2) is 12.8 Å². The first-order valence-electron chi connectivity index (χ1n) is 10.7. The number of azide groups is 1. The van der Waals surface area contributed by atoms with Crippen LogP contribution in [0.1, 0.15) is 30.0 Å². The van der Waals surface area contributed by atoms with E-state index in [1.807, 2.05) is 0 Å². The number of carboxylic acid groups (broad SMARTS) is 1. The Balaban J connectivity index is 1.76. The molecule has 2 saturated heterocycles. The Morgan fingerprint density at radius 3 is 2.38 bits per heavy atom. The van der Waals surface area contributed by atoms with Gasteiger partial charge in [0, 0.05) is 28.4 Å². The van der Waals surface area contributed by atoms with E-state index in [2.05, 4.69) is 10.0 Å². The van der Waals surface area contributed by atoms with E-state index in [1.54, 1.807) is 54.6 Å². The van der Waals surface area contributed by atoms with Crippen LogP contribution in [0.4, 0.5) is 4.79 Å². The van der Waals surface area contributed by atoms with Crippen LogP contribution in [0.15, 0.2) is 59.7 Å². The minimum atomic E-state index is -1.23. The normalized spacial score (nSPS) is 20.3. The van der Waals surface area contributed by atoms with Crippen LogP contribution < -0.4 is 0 Å². The number of carbonyl (C=O) groups excluding carboxylic acids is 2. The van der Waals surface area contributed by atoms with E-state index < -0.39 is 35.5 Å². The fraction of sp³-hybridized carbons (Fsp3) is 0.348. The van der Waals surface area contributed by atoms with Crippen LogP contribution >= 0.6 is 11.6 Å². The maximum Gasteiger partial charge on any atom is 0.407 e. The molecule has 11 heteroatoms. The number of halogens is 1. The van der Waals surface area contributed by atoms with Crippen molar-refractivity contribution in [3.63, 3.8) is 0 Å². The summed E-state index contributed by atoms with van der Waals surface area (Å²) in [5.74, 6) is -1.13. The molecule has 2 fully saturated rings. The molecule has 2 heterocycles. The highest BCUT2D eigenvalue weighted by Gasteiger charge is 2.51. The van der Waals surface area contributed by atoms with Gasteiger partial charge in [-0.2, -0.15) is 0 Å². The van der Waals surface area contributed by atoms with Gasteiger partial charge in [0.2, 0.25) is 5.91 Å². The Bertz CT molecular complexity index is 1130. The summed E-state index contributed by atoms with van der Waals surface area (Å²) < 4.78 is 5.20. The summed E-state index contributed by atoms with van der Waals surface area (Å²) in [5, 5.41) is 13.8. The molecule has 4 rings (SSSR count). The number of benzene rings is 2. The largest absolute Gasteiger partial charge is 0.465 e. The first-order chi connectivity index (χ1) is 16.4. The van der Waals surface area contributed by atoms with Crippen LogP contribution in [0, 0.1) is 0 Å². The molecular formula is C23H22ClN5O5. The molecule has 0 bridgehead atoms.